The highest BCUT2D eigenvalue weighted by molar-refractivity contribution is 7.92. The summed E-state index contributed by atoms with van der Waals surface area (Å²) in [6.07, 6.45) is 1.58. The van der Waals surface area contributed by atoms with Gasteiger partial charge in [0.05, 0.1) is 22.5 Å². The molecule has 0 fully saturated rings. The van der Waals surface area contributed by atoms with Crippen LogP contribution in [0.4, 0.5) is 5.69 Å². The number of nitrogens with one attached hydrogen (secondary N) is 1. The van der Waals surface area contributed by atoms with Gasteiger partial charge >= 0.3 is 0 Å². The van der Waals surface area contributed by atoms with Gasteiger partial charge in [-0.05, 0) is 94.6 Å². The van der Waals surface area contributed by atoms with E-state index in [0.29, 0.717) is 16.3 Å². The third kappa shape index (κ3) is 5.98. The Morgan fingerprint density at radius 2 is 1.57 bits per heavy atom. The van der Waals surface area contributed by atoms with Gasteiger partial charge in [-0.3, -0.25) is 9.10 Å². The second-order valence-corrected chi connectivity index (χ2v) is 12.2. The average Bonchev–Trinajstić information content (AvgIpc) is 3.16. The summed E-state index contributed by atoms with van der Waals surface area (Å²) in [4.78, 5) is 13.1. The maximum Gasteiger partial charge on any atom is 0.264 e. The summed E-state index contributed by atoms with van der Waals surface area (Å²) in [5.41, 5.74) is 10.7. The minimum atomic E-state index is -4.05. The van der Waals surface area contributed by atoms with Gasteiger partial charge in [-0.2, -0.15) is 5.10 Å². The number of aromatic nitrogens is 1. The van der Waals surface area contributed by atoms with Gasteiger partial charge in [-0.25, -0.2) is 13.8 Å². The molecular weight excluding hydrogens is 544 g/mol. The van der Waals surface area contributed by atoms with Gasteiger partial charge in [0, 0.05) is 22.0 Å². The molecule has 0 atom stereocenters. The van der Waals surface area contributed by atoms with Crippen LogP contribution in [0.1, 0.15) is 39.2 Å². The van der Waals surface area contributed by atoms with Crippen LogP contribution in [0, 0.1) is 41.5 Å². The number of carbonyl (C=O) groups is 1. The number of hydrogen-bond acceptors (Lipinski definition) is 4. The van der Waals surface area contributed by atoms with Crippen molar-refractivity contribution < 1.29 is 13.2 Å². The van der Waals surface area contributed by atoms with Crippen LogP contribution in [0.25, 0.3) is 5.69 Å². The van der Waals surface area contributed by atoms with E-state index in [9.17, 15) is 13.2 Å². The van der Waals surface area contributed by atoms with Gasteiger partial charge in [-0.15, -0.1) is 0 Å². The van der Waals surface area contributed by atoms with Crippen molar-refractivity contribution in [2.45, 2.75) is 46.4 Å². The van der Waals surface area contributed by atoms with Crippen LogP contribution >= 0.6 is 11.6 Å². The standard InChI is InChI=1S/C31H33ClN4O3S/c1-20-10-13-28(14-11-20)40(38,39)35(29-15-12-27(32)16-23(29)4)19-30(37)34-33-18-26-17-24(5)36(25(26)6)31-21(2)8-7-9-22(31)3/h7-18H,19H2,1-6H3,(H,34,37)/b33-18+. The van der Waals surface area contributed by atoms with Crippen LogP contribution in [0.2, 0.25) is 5.02 Å². The van der Waals surface area contributed by atoms with Crippen molar-refractivity contribution in [3.63, 3.8) is 0 Å². The smallest absolute Gasteiger partial charge is 0.264 e. The van der Waals surface area contributed by atoms with E-state index in [1.807, 2.05) is 32.9 Å². The van der Waals surface area contributed by atoms with Crippen molar-refractivity contribution in [2.75, 3.05) is 10.8 Å². The Labute approximate surface area is 241 Å². The maximum atomic E-state index is 13.7. The molecule has 3 aromatic carbocycles. The second-order valence-electron chi connectivity index (χ2n) is 9.95. The van der Waals surface area contributed by atoms with Crippen LogP contribution < -0.4 is 9.73 Å². The molecule has 1 N–H and O–H groups in total. The number of anilines is 1. The van der Waals surface area contributed by atoms with E-state index in [0.717, 1.165) is 43.6 Å². The van der Waals surface area contributed by atoms with Crippen LogP contribution in [-0.2, 0) is 14.8 Å². The highest BCUT2D eigenvalue weighted by atomic mass is 35.5. The van der Waals surface area contributed by atoms with Crippen LogP contribution in [-0.4, -0.2) is 31.7 Å². The van der Waals surface area contributed by atoms with Crippen molar-refractivity contribution in [1.82, 2.24) is 9.99 Å². The number of halogens is 1. The fraction of sp³-hybridized carbons (Fsp3) is 0.226. The zero-order valence-corrected chi connectivity index (χ0v) is 25.1. The van der Waals surface area contributed by atoms with Gasteiger partial charge in [0.15, 0.2) is 0 Å². The minimum absolute atomic E-state index is 0.0858. The summed E-state index contributed by atoms with van der Waals surface area (Å²) >= 11 is 6.12. The zero-order valence-electron chi connectivity index (χ0n) is 23.5. The predicted octanol–water partition coefficient (Wildman–Crippen LogP) is 6.33. The Balaban J connectivity index is 1.60. The van der Waals surface area contributed by atoms with E-state index in [1.54, 1.807) is 43.5 Å². The van der Waals surface area contributed by atoms with E-state index in [4.69, 9.17) is 11.6 Å². The fourth-order valence-electron chi connectivity index (χ4n) is 4.80. The summed E-state index contributed by atoms with van der Waals surface area (Å²) in [6, 6.07) is 19.6. The molecule has 7 nitrogen and oxygen atoms in total. The SMILES string of the molecule is Cc1ccc(S(=O)(=O)N(CC(=O)N/N=C/c2cc(C)n(-c3c(C)cccc3C)c2C)c2ccc(Cl)cc2C)cc1. The first kappa shape index (κ1) is 29.1. The summed E-state index contributed by atoms with van der Waals surface area (Å²) in [5.74, 6) is -0.579. The first-order valence-electron chi connectivity index (χ1n) is 12.8. The highest BCUT2D eigenvalue weighted by Crippen LogP contribution is 2.29. The molecule has 1 aromatic heterocycles. The summed E-state index contributed by atoms with van der Waals surface area (Å²) < 4.78 is 30.6. The zero-order chi connectivity index (χ0) is 29.2. The Hall–Kier alpha value is -3.88. The molecular formula is C31H33ClN4O3S. The second kappa shape index (κ2) is 11.7. The molecule has 0 aliphatic heterocycles. The molecule has 0 unspecified atom stereocenters. The lowest BCUT2D eigenvalue weighted by Gasteiger charge is -2.25. The molecule has 0 bridgehead atoms. The predicted molar refractivity (Wildman–Crippen MR) is 162 cm³/mol. The molecule has 40 heavy (non-hydrogen) atoms. The van der Waals surface area contributed by atoms with Crippen molar-refractivity contribution in [1.29, 1.82) is 0 Å². The van der Waals surface area contributed by atoms with Crippen molar-refractivity contribution in [3.8, 4) is 5.69 Å². The third-order valence-corrected chi connectivity index (χ3v) is 8.86. The van der Waals surface area contributed by atoms with Crippen LogP contribution in [0.5, 0.6) is 0 Å². The van der Waals surface area contributed by atoms with E-state index in [2.05, 4.69) is 41.1 Å². The number of aryl methyl sites for hydroxylation is 5. The number of benzene rings is 3. The Bertz CT molecular complexity index is 1690. The van der Waals surface area contributed by atoms with Crippen molar-refractivity contribution in [3.05, 3.63) is 111 Å². The summed E-state index contributed by atoms with van der Waals surface area (Å²) in [7, 11) is -4.05. The molecule has 4 rings (SSSR count). The molecule has 0 saturated carbocycles. The molecule has 9 heteroatoms. The molecule has 0 aliphatic rings. The monoisotopic (exact) mass is 576 g/mol. The normalized spacial score (nSPS) is 11.7. The van der Waals surface area contributed by atoms with E-state index >= 15 is 0 Å². The number of carbonyl (C=O) groups excluding carboxylic acids is 1. The van der Waals surface area contributed by atoms with Gasteiger partial charge in [-0.1, -0.05) is 47.5 Å². The first-order chi connectivity index (χ1) is 18.9. The number of sulfonamides is 1. The molecule has 0 radical (unpaired) electrons. The average molecular weight is 577 g/mol. The Kier molecular flexibility index (Phi) is 8.51. The number of para-hydroxylation sites is 1. The Morgan fingerprint density at radius 1 is 0.925 bits per heavy atom. The first-order valence-corrected chi connectivity index (χ1v) is 14.6. The number of amides is 1. The molecule has 208 valence electrons. The minimum Gasteiger partial charge on any atom is -0.317 e. The number of nitrogens with zero attached hydrogens (tertiary/aromatic N) is 3. The molecule has 4 aromatic rings. The van der Waals surface area contributed by atoms with E-state index in [-0.39, 0.29) is 4.90 Å². The molecule has 0 spiro atoms. The Morgan fingerprint density at radius 3 is 2.20 bits per heavy atom. The number of hydrogen-bond donors (Lipinski definition) is 1. The maximum absolute atomic E-state index is 13.7. The lowest BCUT2D eigenvalue weighted by atomic mass is 10.1. The van der Waals surface area contributed by atoms with Gasteiger partial charge < -0.3 is 4.57 Å². The lowest BCUT2D eigenvalue weighted by molar-refractivity contribution is -0.119. The molecule has 1 amide bonds. The van der Waals surface area contributed by atoms with Crippen LogP contribution in [0.15, 0.2) is 76.7 Å². The van der Waals surface area contributed by atoms with Gasteiger partial charge in [0.2, 0.25) is 0 Å². The number of hydrazone groups is 1. The summed E-state index contributed by atoms with van der Waals surface area (Å²) in [6.45, 7) is 11.3. The quantitative estimate of drug-likeness (QED) is 0.197. The van der Waals surface area contributed by atoms with Crippen molar-refractivity contribution in [2.24, 2.45) is 5.10 Å². The van der Waals surface area contributed by atoms with Crippen LogP contribution in [0.3, 0.4) is 0 Å². The highest BCUT2D eigenvalue weighted by Gasteiger charge is 2.28. The van der Waals surface area contributed by atoms with E-state index < -0.39 is 22.5 Å². The molecule has 0 saturated heterocycles. The van der Waals surface area contributed by atoms with Crippen molar-refractivity contribution >= 4 is 39.4 Å². The number of rotatable bonds is 8. The van der Waals surface area contributed by atoms with Gasteiger partial charge in [0.1, 0.15) is 6.54 Å². The fourth-order valence-corrected chi connectivity index (χ4v) is 6.51. The largest absolute Gasteiger partial charge is 0.317 e. The molecule has 1 heterocycles. The summed E-state index contributed by atoms with van der Waals surface area (Å²) in [5, 5.41) is 4.64. The topological polar surface area (TPSA) is 83.8 Å². The molecule has 0 aliphatic carbocycles. The van der Waals surface area contributed by atoms with E-state index in [1.165, 1.54) is 12.1 Å². The third-order valence-electron chi connectivity index (χ3n) is 6.85. The van der Waals surface area contributed by atoms with Gasteiger partial charge in [0.25, 0.3) is 15.9 Å². The lowest BCUT2D eigenvalue weighted by Crippen LogP contribution is -2.40.